The minimum Gasteiger partial charge on any atom is -0.486 e. The van der Waals surface area contributed by atoms with Gasteiger partial charge in [-0.1, -0.05) is 0 Å². The fourth-order valence-corrected chi connectivity index (χ4v) is 3.74. The summed E-state index contributed by atoms with van der Waals surface area (Å²) in [6.07, 6.45) is 1.50. The van der Waals surface area contributed by atoms with Gasteiger partial charge in [-0.3, -0.25) is 4.79 Å². The van der Waals surface area contributed by atoms with E-state index in [9.17, 15) is 14.9 Å². The van der Waals surface area contributed by atoms with Gasteiger partial charge >= 0.3 is 5.97 Å². The van der Waals surface area contributed by atoms with Crippen LogP contribution in [0.5, 0.6) is 11.5 Å². The molecule has 1 saturated heterocycles. The van der Waals surface area contributed by atoms with Crippen molar-refractivity contribution in [2.75, 3.05) is 50.9 Å². The van der Waals surface area contributed by atoms with E-state index in [-0.39, 0.29) is 29.7 Å². The summed E-state index contributed by atoms with van der Waals surface area (Å²) in [6, 6.07) is 10.2. The van der Waals surface area contributed by atoms with Crippen LogP contribution in [0, 0.1) is 11.3 Å². The number of carbonyl (C=O) groups is 2. The summed E-state index contributed by atoms with van der Waals surface area (Å²) < 4.78 is 27.2. The quantitative estimate of drug-likeness (QED) is 0.517. The number of carbonyl (C=O) groups excluding carboxylic acids is 2. The summed E-state index contributed by atoms with van der Waals surface area (Å²) in [5.41, 5.74) is 0.433. The van der Waals surface area contributed by atoms with Crippen LogP contribution in [0.15, 0.2) is 45.4 Å². The molecule has 0 spiro atoms. The Morgan fingerprint density at radius 3 is 2.62 bits per heavy atom. The van der Waals surface area contributed by atoms with E-state index in [2.05, 4.69) is 4.98 Å². The summed E-state index contributed by atoms with van der Waals surface area (Å²) in [5, 5.41) is 9.42. The first-order valence-corrected chi connectivity index (χ1v) is 10.7. The molecule has 11 nitrogen and oxygen atoms in total. The van der Waals surface area contributed by atoms with Gasteiger partial charge in [0.15, 0.2) is 23.9 Å². The number of nitrogens with zero attached hydrogens (tertiary/aromatic N) is 4. The van der Waals surface area contributed by atoms with Crippen molar-refractivity contribution < 1.29 is 32.6 Å². The first kappa shape index (κ1) is 21.4. The topological polar surface area (TPSA) is 131 Å². The van der Waals surface area contributed by atoms with Gasteiger partial charge in [0.1, 0.15) is 19.3 Å². The van der Waals surface area contributed by atoms with Crippen molar-refractivity contribution in [1.82, 2.24) is 9.88 Å². The molecule has 2 aromatic heterocycles. The molecule has 2 aliphatic heterocycles. The Hall–Kier alpha value is -4.46. The predicted molar refractivity (Wildman–Crippen MR) is 115 cm³/mol. The highest BCUT2D eigenvalue weighted by Gasteiger charge is 2.27. The van der Waals surface area contributed by atoms with Crippen LogP contribution in [0.4, 0.5) is 5.88 Å². The molecule has 3 aromatic rings. The van der Waals surface area contributed by atoms with Crippen LogP contribution in [-0.4, -0.2) is 67.8 Å². The second kappa shape index (κ2) is 9.19. The lowest BCUT2D eigenvalue weighted by Crippen LogP contribution is -2.50. The van der Waals surface area contributed by atoms with Crippen molar-refractivity contribution in [3.63, 3.8) is 0 Å². The number of anilines is 1. The Bertz CT molecular complexity index is 1240. The van der Waals surface area contributed by atoms with Gasteiger partial charge in [-0.05, 0) is 30.3 Å². The van der Waals surface area contributed by atoms with Crippen molar-refractivity contribution >= 4 is 17.8 Å². The van der Waals surface area contributed by atoms with Gasteiger partial charge in [0, 0.05) is 26.2 Å². The SMILES string of the molecule is N#Cc1nc(-c2ccco2)oc1N1CCN(C(=O)COC(=O)c2ccc3c(c2)OCCO3)CC1. The number of hydrogen-bond donors (Lipinski definition) is 0. The van der Waals surface area contributed by atoms with Crippen molar-refractivity contribution in [2.45, 2.75) is 0 Å². The van der Waals surface area contributed by atoms with E-state index in [0.29, 0.717) is 62.5 Å². The summed E-state index contributed by atoms with van der Waals surface area (Å²) in [4.78, 5) is 32.6. The first-order valence-electron chi connectivity index (χ1n) is 10.7. The number of furan rings is 1. The van der Waals surface area contributed by atoms with E-state index < -0.39 is 5.97 Å². The number of rotatable bonds is 5. The van der Waals surface area contributed by atoms with Gasteiger partial charge in [-0.15, -0.1) is 0 Å². The Morgan fingerprint density at radius 1 is 1.09 bits per heavy atom. The lowest BCUT2D eigenvalue weighted by molar-refractivity contribution is -0.134. The maximum absolute atomic E-state index is 12.6. The standard InChI is InChI=1S/C23H20N4O7/c24-13-16-22(34-21(25-16)18-2-1-9-30-18)27-7-5-26(6-8-27)20(28)14-33-23(29)15-3-4-17-19(12-15)32-11-10-31-17/h1-4,9,12H,5-8,10-11,14H2. The number of benzene rings is 1. The molecule has 0 N–H and O–H groups in total. The summed E-state index contributed by atoms with van der Waals surface area (Å²) in [7, 11) is 0. The van der Waals surface area contributed by atoms with E-state index in [1.165, 1.54) is 6.26 Å². The molecule has 0 aliphatic carbocycles. The number of nitriles is 1. The van der Waals surface area contributed by atoms with Gasteiger partial charge in [0.2, 0.25) is 11.6 Å². The van der Waals surface area contributed by atoms with Crippen LogP contribution < -0.4 is 14.4 Å². The van der Waals surface area contributed by atoms with Crippen LogP contribution in [0.3, 0.4) is 0 Å². The van der Waals surface area contributed by atoms with Crippen molar-refractivity contribution in [1.29, 1.82) is 5.26 Å². The summed E-state index contributed by atoms with van der Waals surface area (Å²) >= 11 is 0. The minimum atomic E-state index is -0.616. The minimum absolute atomic E-state index is 0.152. The van der Waals surface area contributed by atoms with E-state index in [4.69, 9.17) is 23.0 Å². The van der Waals surface area contributed by atoms with Crippen molar-refractivity contribution in [3.05, 3.63) is 47.9 Å². The Balaban J connectivity index is 1.15. The number of piperazine rings is 1. The molecule has 0 saturated carbocycles. The number of hydrogen-bond acceptors (Lipinski definition) is 10. The van der Waals surface area contributed by atoms with Crippen LogP contribution in [0.25, 0.3) is 11.7 Å². The molecule has 1 aromatic carbocycles. The molecule has 2 aliphatic rings. The third kappa shape index (κ3) is 4.25. The number of ether oxygens (including phenoxy) is 3. The second-order valence-electron chi connectivity index (χ2n) is 7.56. The number of oxazole rings is 1. The van der Waals surface area contributed by atoms with Crippen LogP contribution in [-0.2, 0) is 9.53 Å². The average molecular weight is 464 g/mol. The lowest BCUT2D eigenvalue weighted by atomic mass is 10.2. The smallest absolute Gasteiger partial charge is 0.338 e. The highest BCUT2D eigenvalue weighted by molar-refractivity contribution is 5.92. The normalized spacial score (nSPS) is 15.0. The Labute approximate surface area is 194 Å². The fourth-order valence-electron chi connectivity index (χ4n) is 3.74. The summed E-state index contributed by atoms with van der Waals surface area (Å²) in [5.74, 6) is 1.11. The highest BCUT2D eigenvalue weighted by Crippen LogP contribution is 2.31. The molecule has 34 heavy (non-hydrogen) atoms. The van der Waals surface area contributed by atoms with Gasteiger partial charge in [-0.25, -0.2) is 4.79 Å². The Kier molecular flexibility index (Phi) is 5.78. The second-order valence-corrected chi connectivity index (χ2v) is 7.56. The zero-order valence-electron chi connectivity index (χ0n) is 18.1. The molecule has 0 atom stereocenters. The molecule has 174 valence electrons. The molecule has 0 radical (unpaired) electrons. The molecule has 11 heteroatoms. The number of esters is 1. The fraction of sp³-hybridized carbons (Fsp3) is 0.304. The number of fused-ring (bicyclic) bond motifs is 1. The maximum atomic E-state index is 12.6. The van der Waals surface area contributed by atoms with Gasteiger partial charge < -0.3 is 32.8 Å². The zero-order valence-corrected chi connectivity index (χ0v) is 18.1. The number of amides is 1. The molecule has 4 heterocycles. The molecule has 1 amide bonds. The van der Waals surface area contributed by atoms with Crippen molar-refractivity contribution in [2.24, 2.45) is 0 Å². The van der Waals surface area contributed by atoms with E-state index in [1.54, 1.807) is 35.2 Å². The molecular weight excluding hydrogens is 444 g/mol. The third-order valence-corrected chi connectivity index (χ3v) is 5.47. The molecule has 0 bridgehead atoms. The third-order valence-electron chi connectivity index (χ3n) is 5.47. The zero-order chi connectivity index (χ0) is 23.5. The van der Waals surface area contributed by atoms with Crippen LogP contribution in [0.1, 0.15) is 16.1 Å². The lowest BCUT2D eigenvalue weighted by Gasteiger charge is -2.34. The predicted octanol–water partition coefficient (Wildman–Crippen LogP) is 2.08. The Morgan fingerprint density at radius 2 is 1.88 bits per heavy atom. The van der Waals surface area contributed by atoms with E-state index >= 15 is 0 Å². The first-order chi connectivity index (χ1) is 16.6. The van der Waals surface area contributed by atoms with Gasteiger partial charge in [-0.2, -0.15) is 10.2 Å². The van der Waals surface area contributed by atoms with Gasteiger partial charge in [0.25, 0.3) is 11.8 Å². The van der Waals surface area contributed by atoms with E-state index in [0.717, 1.165) is 0 Å². The molecule has 1 fully saturated rings. The van der Waals surface area contributed by atoms with Crippen LogP contribution in [0.2, 0.25) is 0 Å². The molecule has 0 unspecified atom stereocenters. The van der Waals surface area contributed by atoms with Crippen molar-refractivity contribution in [3.8, 4) is 29.2 Å². The summed E-state index contributed by atoms with van der Waals surface area (Å²) in [6.45, 7) is 2.11. The highest BCUT2D eigenvalue weighted by atomic mass is 16.6. The largest absolute Gasteiger partial charge is 0.486 e. The average Bonchev–Trinajstić information content (AvgIpc) is 3.57. The maximum Gasteiger partial charge on any atom is 0.338 e. The number of aromatic nitrogens is 1. The molecule has 5 rings (SSSR count). The monoisotopic (exact) mass is 464 g/mol. The van der Waals surface area contributed by atoms with Gasteiger partial charge in [0.05, 0.1) is 11.8 Å². The van der Waals surface area contributed by atoms with E-state index in [1.807, 2.05) is 11.0 Å². The van der Waals surface area contributed by atoms with Crippen LogP contribution >= 0.6 is 0 Å². The molecular formula is C23H20N4O7.